The average Bonchev–Trinajstić information content (AvgIpc) is 2.20. The molecule has 0 saturated carbocycles. The lowest BCUT2D eigenvalue weighted by Gasteiger charge is -2.14. The first-order valence-electron chi connectivity index (χ1n) is 5.14. The molecule has 16 heavy (non-hydrogen) atoms. The Labute approximate surface area is 101 Å². The molecule has 0 aliphatic heterocycles. The van der Waals surface area contributed by atoms with Crippen LogP contribution >= 0.6 is 11.6 Å². The monoisotopic (exact) mass is 238 g/mol. The Morgan fingerprint density at radius 2 is 2.12 bits per heavy atom. The Morgan fingerprint density at radius 1 is 1.50 bits per heavy atom. The number of carboxylic acid groups (broad SMARTS) is 1. The molecule has 3 heteroatoms. The molecule has 0 aliphatic carbocycles. The van der Waals surface area contributed by atoms with Gasteiger partial charge < -0.3 is 5.11 Å². The summed E-state index contributed by atoms with van der Waals surface area (Å²) in [6.45, 7) is 5.67. The van der Waals surface area contributed by atoms with Crippen LogP contribution in [0, 0.1) is 0 Å². The average molecular weight is 239 g/mol. The third-order valence-electron chi connectivity index (χ3n) is 2.44. The topological polar surface area (TPSA) is 37.3 Å². The van der Waals surface area contributed by atoms with Crippen LogP contribution in [-0.2, 0) is 4.79 Å². The number of aliphatic carboxylic acids is 1. The molecule has 86 valence electrons. The summed E-state index contributed by atoms with van der Waals surface area (Å²) in [5, 5.41) is 9.69. The first-order chi connectivity index (χ1) is 7.52. The molecule has 2 nitrogen and oxygen atoms in total. The van der Waals surface area contributed by atoms with E-state index in [-0.39, 0.29) is 0 Å². The minimum atomic E-state index is -0.839. The van der Waals surface area contributed by atoms with Gasteiger partial charge in [0.05, 0.1) is 5.92 Å². The highest BCUT2D eigenvalue weighted by molar-refractivity contribution is 6.31. The van der Waals surface area contributed by atoms with E-state index in [1.807, 2.05) is 6.92 Å². The number of rotatable bonds is 5. The molecule has 1 unspecified atom stereocenters. The van der Waals surface area contributed by atoms with Gasteiger partial charge in [-0.25, -0.2) is 0 Å². The molecule has 1 aromatic carbocycles. The maximum atomic E-state index is 11.2. The quantitative estimate of drug-likeness (QED) is 0.791. The molecule has 0 radical (unpaired) electrons. The fourth-order valence-corrected chi connectivity index (χ4v) is 1.83. The molecule has 0 bridgehead atoms. The second kappa shape index (κ2) is 5.71. The molecule has 0 spiro atoms. The maximum Gasteiger partial charge on any atom is 0.311 e. The zero-order valence-electron chi connectivity index (χ0n) is 9.24. The standard InChI is InChI=1S/C13H15ClO2/c1-9(2)7-8-11(13(15)16)10-5-3-4-6-12(10)14/h3-6,11H,1,7-8H2,2H3,(H,15,16). The van der Waals surface area contributed by atoms with Crippen molar-refractivity contribution in [3.05, 3.63) is 47.0 Å². The maximum absolute atomic E-state index is 11.2. The molecule has 0 amide bonds. The molecule has 1 aromatic rings. The van der Waals surface area contributed by atoms with Gasteiger partial charge in [-0.05, 0) is 31.4 Å². The van der Waals surface area contributed by atoms with Crippen LogP contribution in [0.5, 0.6) is 0 Å². The molecule has 0 saturated heterocycles. The molecule has 0 heterocycles. The minimum Gasteiger partial charge on any atom is -0.481 e. The molecule has 1 N–H and O–H groups in total. The normalized spacial score (nSPS) is 12.1. The van der Waals surface area contributed by atoms with Crippen molar-refractivity contribution in [3.8, 4) is 0 Å². The molecule has 0 aromatic heterocycles. The summed E-state index contributed by atoms with van der Waals surface area (Å²) in [6, 6.07) is 7.08. The van der Waals surface area contributed by atoms with Crippen LogP contribution in [0.2, 0.25) is 5.02 Å². The number of benzene rings is 1. The molecular formula is C13H15ClO2. The second-order valence-corrected chi connectivity index (χ2v) is 4.32. The third-order valence-corrected chi connectivity index (χ3v) is 2.78. The number of halogens is 1. The molecule has 1 atom stereocenters. The fourth-order valence-electron chi connectivity index (χ4n) is 1.56. The lowest BCUT2D eigenvalue weighted by Crippen LogP contribution is -2.12. The summed E-state index contributed by atoms with van der Waals surface area (Å²) in [6.07, 6.45) is 1.23. The van der Waals surface area contributed by atoms with Crippen LogP contribution < -0.4 is 0 Å². The van der Waals surface area contributed by atoms with Crippen LogP contribution in [0.3, 0.4) is 0 Å². The number of allylic oxidation sites excluding steroid dienone is 1. The number of carbonyl (C=O) groups is 1. The minimum absolute atomic E-state index is 0.511. The van der Waals surface area contributed by atoms with Crippen LogP contribution in [0.4, 0.5) is 0 Å². The van der Waals surface area contributed by atoms with Crippen molar-refractivity contribution in [2.75, 3.05) is 0 Å². The fraction of sp³-hybridized carbons (Fsp3) is 0.308. The van der Waals surface area contributed by atoms with Crippen molar-refractivity contribution in [2.45, 2.75) is 25.7 Å². The van der Waals surface area contributed by atoms with Crippen LogP contribution in [0.1, 0.15) is 31.2 Å². The summed E-state index contributed by atoms with van der Waals surface area (Å²) in [5.74, 6) is -1.39. The van der Waals surface area contributed by atoms with Crippen LogP contribution in [0.15, 0.2) is 36.4 Å². The van der Waals surface area contributed by atoms with Gasteiger partial charge in [0.15, 0.2) is 0 Å². The second-order valence-electron chi connectivity index (χ2n) is 3.91. The van der Waals surface area contributed by atoms with Gasteiger partial charge in [-0.3, -0.25) is 4.79 Å². The van der Waals surface area contributed by atoms with E-state index in [4.69, 9.17) is 11.6 Å². The van der Waals surface area contributed by atoms with E-state index < -0.39 is 11.9 Å². The highest BCUT2D eigenvalue weighted by Gasteiger charge is 2.21. The SMILES string of the molecule is C=C(C)CCC(C(=O)O)c1ccccc1Cl. The Morgan fingerprint density at radius 3 is 2.62 bits per heavy atom. The molecule has 0 fully saturated rings. The summed E-state index contributed by atoms with van der Waals surface area (Å²) >= 11 is 5.99. The van der Waals surface area contributed by atoms with Crippen molar-refractivity contribution in [2.24, 2.45) is 0 Å². The zero-order valence-corrected chi connectivity index (χ0v) is 10.00. The van der Waals surface area contributed by atoms with Gasteiger partial charge in [-0.2, -0.15) is 0 Å². The molecule has 0 aliphatic rings. The first-order valence-corrected chi connectivity index (χ1v) is 5.51. The largest absolute Gasteiger partial charge is 0.481 e. The molecular weight excluding hydrogens is 224 g/mol. The Balaban J connectivity index is 2.90. The number of carboxylic acids is 1. The predicted octanol–water partition coefficient (Wildman–Crippen LogP) is 3.86. The van der Waals surface area contributed by atoms with Gasteiger partial charge in [0.2, 0.25) is 0 Å². The predicted molar refractivity (Wildman–Crippen MR) is 65.9 cm³/mol. The third kappa shape index (κ3) is 3.38. The highest BCUT2D eigenvalue weighted by Crippen LogP contribution is 2.29. The van der Waals surface area contributed by atoms with Crippen molar-refractivity contribution in [3.63, 3.8) is 0 Å². The lowest BCUT2D eigenvalue weighted by atomic mass is 9.93. The van der Waals surface area contributed by atoms with Gasteiger partial charge >= 0.3 is 5.97 Å². The van der Waals surface area contributed by atoms with E-state index in [9.17, 15) is 9.90 Å². The number of hydrogen-bond acceptors (Lipinski definition) is 1. The van der Waals surface area contributed by atoms with Gasteiger partial charge in [0.25, 0.3) is 0 Å². The van der Waals surface area contributed by atoms with Crippen molar-refractivity contribution in [1.29, 1.82) is 0 Å². The zero-order chi connectivity index (χ0) is 12.1. The summed E-state index contributed by atoms with van der Waals surface area (Å²) < 4.78 is 0. The Kier molecular flexibility index (Phi) is 4.56. The Hall–Kier alpha value is -1.28. The van der Waals surface area contributed by atoms with E-state index in [0.29, 0.717) is 23.4 Å². The smallest absolute Gasteiger partial charge is 0.311 e. The van der Waals surface area contributed by atoms with Gasteiger partial charge in [0.1, 0.15) is 0 Å². The number of hydrogen-bond donors (Lipinski definition) is 1. The van der Waals surface area contributed by atoms with E-state index >= 15 is 0 Å². The van der Waals surface area contributed by atoms with Gasteiger partial charge in [-0.15, -0.1) is 6.58 Å². The van der Waals surface area contributed by atoms with E-state index in [1.54, 1.807) is 24.3 Å². The van der Waals surface area contributed by atoms with Crippen molar-refractivity contribution >= 4 is 17.6 Å². The highest BCUT2D eigenvalue weighted by atomic mass is 35.5. The van der Waals surface area contributed by atoms with Crippen molar-refractivity contribution < 1.29 is 9.90 Å². The van der Waals surface area contributed by atoms with Crippen LogP contribution in [-0.4, -0.2) is 11.1 Å². The molecule has 1 rings (SSSR count). The van der Waals surface area contributed by atoms with E-state index in [1.165, 1.54) is 0 Å². The van der Waals surface area contributed by atoms with E-state index in [2.05, 4.69) is 6.58 Å². The van der Waals surface area contributed by atoms with Crippen molar-refractivity contribution in [1.82, 2.24) is 0 Å². The van der Waals surface area contributed by atoms with Crippen LogP contribution in [0.25, 0.3) is 0 Å². The first kappa shape index (κ1) is 12.8. The summed E-state index contributed by atoms with van der Waals surface area (Å²) in [7, 11) is 0. The Bertz CT molecular complexity index is 399. The van der Waals surface area contributed by atoms with Gasteiger partial charge in [-0.1, -0.05) is 35.4 Å². The summed E-state index contributed by atoms with van der Waals surface area (Å²) in [5.41, 5.74) is 1.66. The van der Waals surface area contributed by atoms with Gasteiger partial charge in [0, 0.05) is 5.02 Å². The van der Waals surface area contributed by atoms with E-state index in [0.717, 1.165) is 5.57 Å². The lowest BCUT2D eigenvalue weighted by molar-refractivity contribution is -0.138. The summed E-state index contributed by atoms with van der Waals surface area (Å²) in [4.78, 5) is 11.2.